The lowest BCUT2D eigenvalue weighted by Crippen LogP contribution is -2.09. The Hall–Kier alpha value is -1.88. The molecule has 0 saturated carbocycles. The fourth-order valence-electron chi connectivity index (χ4n) is 1.38. The summed E-state index contributed by atoms with van der Waals surface area (Å²) in [6, 6.07) is 3.93. The van der Waals surface area contributed by atoms with Gasteiger partial charge in [-0.2, -0.15) is 4.98 Å². The number of hydrogen-bond acceptors (Lipinski definition) is 5. The van der Waals surface area contributed by atoms with Crippen molar-refractivity contribution in [2.75, 3.05) is 17.6 Å². The zero-order valence-corrected chi connectivity index (χ0v) is 9.85. The van der Waals surface area contributed by atoms with Crippen molar-refractivity contribution in [1.82, 2.24) is 15.0 Å². The van der Waals surface area contributed by atoms with Crippen LogP contribution >= 0.6 is 11.6 Å². The minimum atomic E-state index is 0.183. The molecule has 88 valence electrons. The monoisotopic (exact) mass is 249 g/mol. The molecule has 0 unspecified atom stereocenters. The van der Waals surface area contributed by atoms with Crippen molar-refractivity contribution in [2.45, 2.75) is 6.42 Å². The second-order valence-electron chi connectivity index (χ2n) is 3.48. The van der Waals surface area contributed by atoms with Gasteiger partial charge in [0.25, 0.3) is 0 Å². The lowest BCUT2D eigenvalue weighted by molar-refractivity contribution is 0.989. The molecule has 17 heavy (non-hydrogen) atoms. The second-order valence-corrected chi connectivity index (χ2v) is 3.82. The maximum absolute atomic E-state index is 5.71. The average molecular weight is 250 g/mol. The molecule has 2 heterocycles. The van der Waals surface area contributed by atoms with Crippen LogP contribution in [0.1, 0.15) is 5.56 Å². The zero-order chi connectivity index (χ0) is 12.1. The highest BCUT2D eigenvalue weighted by atomic mass is 35.5. The van der Waals surface area contributed by atoms with Crippen molar-refractivity contribution in [3.05, 3.63) is 41.6 Å². The molecular weight excluding hydrogens is 238 g/mol. The molecule has 0 radical (unpaired) electrons. The molecule has 0 aliphatic rings. The van der Waals surface area contributed by atoms with Crippen LogP contribution in [-0.4, -0.2) is 21.5 Å². The van der Waals surface area contributed by atoms with Gasteiger partial charge in [0, 0.05) is 18.9 Å². The molecule has 3 N–H and O–H groups in total. The largest absolute Gasteiger partial charge is 0.394 e. The van der Waals surface area contributed by atoms with Gasteiger partial charge in [-0.1, -0.05) is 6.07 Å². The van der Waals surface area contributed by atoms with E-state index in [1.165, 1.54) is 6.20 Å². The van der Waals surface area contributed by atoms with Crippen LogP contribution in [0.3, 0.4) is 0 Å². The van der Waals surface area contributed by atoms with E-state index in [1.54, 1.807) is 6.20 Å². The number of anilines is 2. The van der Waals surface area contributed by atoms with Gasteiger partial charge in [-0.05, 0) is 29.7 Å². The minimum Gasteiger partial charge on any atom is -0.394 e. The molecule has 0 aromatic carbocycles. The molecule has 2 rings (SSSR count). The van der Waals surface area contributed by atoms with Gasteiger partial charge in [-0.15, -0.1) is 0 Å². The number of nitrogens with zero attached hydrogens (tertiary/aromatic N) is 3. The highest BCUT2D eigenvalue weighted by molar-refractivity contribution is 6.28. The number of nitrogens with one attached hydrogen (secondary N) is 1. The van der Waals surface area contributed by atoms with E-state index in [1.807, 2.05) is 18.3 Å². The predicted molar refractivity (Wildman–Crippen MR) is 67.9 cm³/mol. The van der Waals surface area contributed by atoms with Gasteiger partial charge in [-0.3, -0.25) is 4.98 Å². The highest BCUT2D eigenvalue weighted by Gasteiger charge is 2.02. The minimum absolute atomic E-state index is 0.183. The molecule has 2 aromatic rings. The Morgan fingerprint density at radius 1 is 1.35 bits per heavy atom. The van der Waals surface area contributed by atoms with Crippen LogP contribution < -0.4 is 11.1 Å². The fraction of sp³-hybridized carbons (Fsp3) is 0.182. The quantitative estimate of drug-likeness (QED) is 0.808. The maximum atomic E-state index is 5.71. The van der Waals surface area contributed by atoms with Crippen molar-refractivity contribution in [3.8, 4) is 0 Å². The summed E-state index contributed by atoms with van der Waals surface area (Å²) < 4.78 is 0. The summed E-state index contributed by atoms with van der Waals surface area (Å²) >= 11 is 5.68. The van der Waals surface area contributed by atoms with Crippen LogP contribution in [0.4, 0.5) is 11.5 Å². The Morgan fingerprint density at radius 2 is 2.24 bits per heavy atom. The Balaban J connectivity index is 1.92. The van der Waals surface area contributed by atoms with Crippen molar-refractivity contribution in [1.29, 1.82) is 0 Å². The van der Waals surface area contributed by atoms with Crippen LogP contribution in [0.5, 0.6) is 0 Å². The number of nitrogen functional groups attached to an aromatic ring is 1. The first-order valence-electron chi connectivity index (χ1n) is 5.16. The molecule has 0 spiro atoms. The van der Waals surface area contributed by atoms with Gasteiger partial charge >= 0.3 is 0 Å². The van der Waals surface area contributed by atoms with Crippen LogP contribution in [0, 0.1) is 0 Å². The van der Waals surface area contributed by atoms with Gasteiger partial charge in [0.2, 0.25) is 5.28 Å². The predicted octanol–water partition coefficient (Wildman–Crippen LogP) is 1.76. The lowest BCUT2D eigenvalue weighted by atomic mass is 10.2. The number of rotatable bonds is 4. The Bertz CT molecular complexity index is 488. The Kier molecular flexibility index (Phi) is 3.72. The van der Waals surface area contributed by atoms with Gasteiger partial charge in [-0.25, -0.2) is 4.98 Å². The maximum Gasteiger partial charge on any atom is 0.224 e. The Labute approximate surface area is 104 Å². The molecule has 5 nitrogen and oxygen atoms in total. The summed E-state index contributed by atoms with van der Waals surface area (Å²) in [5.74, 6) is 0.564. The summed E-state index contributed by atoms with van der Waals surface area (Å²) in [4.78, 5) is 11.8. The van der Waals surface area contributed by atoms with Gasteiger partial charge in [0.05, 0.1) is 11.9 Å². The number of nitrogens with two attached hydrogens (primary N) is 1. The number of hydrogen-bond donors (Lipinski definition) is 2. The molecule has 0 saturated heterocycles. The van der Waals surface area contributed by atoms with Crippen molar-refractivity contribution in [2.24, 2.45) is 0 Å². The molecule has 0 aliphatic heterocycles. The first-order chi connectivity index (χ1) is 8.25. The van der Waals surface area contributed by atoms with E-state index >= 15 is 0 Å². The smallest absolute Gasteiger partial charge is 0.224 e. The molecule has 2 aromatic heterocycles. The summed E-state index contributed by atoms with van der Waals surface area (Å²) in [6.07, 6.45) is 5.91. The summed E-state index contributed by atoms with van der Waals surface area (Å²) in [6.45, 7) is 0.712. The normalized spacial score (nSPS) is 10.2. The molecule has 6 heteroatoms. The van der Waals surface area contributed by atoms with E-state index in [-0.39, 0.29) is 5.28 Å². The standard InChI is InChI=1S/C11H12ClN5/c12-11-16-7-9(13)10(17-11)15-5-3-8-2-1-4-14-6-8/h1-2,4,6-7H,3,5,13H2,(H,15,16,17). The van der Waals surface area contributed by atoms with Crippen LogP contribution in [-0.2, 0) is 6.42 Å². The SMILES string of the molecule is Nc1cnc(Cl)nc1NCCc1cccnc1. The van der Waals surface area contributed by atoms with E-state index < -0.39 is 0 Å². The molecule has 0 aliphatic carbocycles. The molecular formula is C11H12ClN5. The first-order valence-corrected chi connectivity index (χ1v) is 5.54. The van der Waals surface area contributed by atoms with Crippen molar-refractivity contribution < 1.29 is 0 Å². The van der Waals surface area contributed by atoms with E-state index in [2.05, 4.69) is 20.3 Å². The number of pyridine rings is 1. The summed E-state index contributed by atoms with van der Waals surface area (Å²) in [5, 5.41) is 3.30. The van der Waals surface area contributed by atoms with E-state index in [0.717, 1.165) is 12.0 Å². The van der Waals surface area contributed by atoms with Crippen LogP contribution in [0.25, 0.3) is 0 Å². The summed E-state index contributed by atoms with van der Waals surface area (Å²) in [5.41, 5.74) is 7.35. The topological polar surface area (TPSA) is 76.7 Å². The van der Waals surface area contributed by atoms with Gasteiger partial charge in [0.15, 0.2) is 5.82 Å². The first kappa shape index (κ1) is 11.6. The van der Waals surface area contributed by atoms with Crippen molar-refractivity contribution in [3.63, 3.8) is 0 Å². The van der Waals surface area contributed by atoms with Crippen molar-refractivity contribution >= 4 is 23.1 Å². The third kappa shape index (κ3) is 3.29. The third-order valence-corrected chi connectivity index (χ3v) is 2.40. The number of halogens is 1. The summed E-state index contributed by atoms with van der Waals surface area (Å²) in [7, 11) is 0. The molecule has 0 amide bonds. The molecule has 0 atom stereocenters. The molecule has 0 fully saturated rings. The van der Waals surface area contributed by atoms with Gasteiger partial charge in [0.1, 0.15) is 0 Å². The van der Waals surface area contributed by atoms with Crippen LogP contribution in [0.2, 0.25) is 5.28 Å². The van der Waals surface area contributed by atoms with Crippen LogP contribution in [0.15, 0.2) is 30.7 Å². The molecule has 0 bridgehead atoms. The number of aromatic nitrogens is 3. The van der Waals surface area contributed by atoms with Gasteiger partial charge < -0.3 is 11.1 Å². The van der Waals surface area contributed by atoms with E-state index in [0.29, 0.717) is 18.1 Å². The lowest BCUT2D eigenvalue weighted by Gasteiger charge is -2.07. The Morgan fingerprint density at radius 3 is 3.00 bits per heavy atom. The average Bonchev–Trinajstić information content (AvgIpc) is 2.35. The zero-order valence-electron chi connectivity index (χ0n) is 9.10. The third-order valence-electron chi connectivity index (χ3n) is 2.22. The van der Waals surface area contributed by atoms with E-state index in [9.17, 15) is 0 Å². The van der Waals surface area contributed by atoms with E-state index in [4.69, 9.17) is 17.3 Å². The fourth-order valence-corrected chi connectivity index (χ4v) is 1.52. The highest BCUT2D eigenvalue weighted by Crippen LogP contribution is 2.15. The second kappa shape index (κ2) is 5.45.